The van der Waals surface area contributed by atoms with Crippen LogP contribution in [-0.4, -0.2) is 12.1 Å². The molecule has 2 nitrogen and oxygen atoms in total. The van der Waals surface area contributed by atoms with Crippen molar-refractivity contribution in [1.29, 1.82) is 0 Å². The number of anilines is 2. The quantitative estimate of drug-likeness (QED) is 0.499. The summed E-state index contributed by atoms with van der Waals surface area (Å²) in [7, 11) is 0. The third-order valence-corrected chi connectivity index (χ3v) is 6.01. The molecule has 1 radical (unpaired) electrons. The van der Waals surface area contributed by atoms with Gasteiger partial charge >= 0.3 is 0 Å². The van der Waals surface area contributed by atoms with Crippen molar-refractivity contribution in [3.8, 4) is 0 Å². The smallest absolute Gasteiger partial charge is 0.142 e. The fourth-order valence-corrected chi connectivity index (χ4v) is 5.17. The van der Waals surface area contributed by atoms with Crippen molar-refractivity contribution in [2.75, 3.05) is 9.80 Å². The average molecular weight is 388 g/mol. The topological polar surface area (TPSA) is 6.48 Å². The third-order valence-electron chi connectivity index (χ3n) is 6.01. The van der Waals surface area contributed by atoms with E-state index in [0.717, 1.165) is 12.8 Å². The highest BCUT2D eigenvalue weighted by Crippen LogP contribution is 2.42. The van der Waals surface area contributed by atoms with Gasteiger partial charge in [-0.3, -0.25) is 0 Å². The summed E-state index contributed by atoms with van der Waals surface area (Å²) in [6, 6.07) is 9.80. The number of hydrogen-bond donors (Lipinski definition) is 0. The Labute approximate surface area is 177 Å². The average Bonchev–Trinajstić information content (AvgIpc) is 2.92. The Morgan fingerprint density at radius 1 is 0.655 bits per heavy atom. The van der Waals surface area contributed by atoms with Crippen molar-refractivity contribution in [3.05, 3.63) is 89.6 Å². The van der Waals surface area contributed by atoms with Crippen LogP contribution in [0.2, 0.25) is 0 Å². The molecule has 29 heavy (non-hydrogen) atoms. The monoisotopic (exact) mass is 387 g/mol. The Balaban J connectivity index is 2.15. The maximum absolute atomic E-state index is 4.07. The van der Waals surface area contributed by atoms with E-state index in [4.69, 9.17) is 0 Å². The van der Waals surface area contributed by atoms with Crippen LogP contribution in [0.15, 0.2) is 49.6 Å². The first-order chi connectivity index (χ1) is 13.8. The first-order valence-electron chi connectivity index (χ1n) is 10.6. The molecule has 2 heteroatoms. The molecule has 1 aliphatic rings. The highest BCUT2D eigenvalue weighted by Gasteiger charge is 2.41. The van der Waals surface area contributed by atoms with Crippen molar-refractivity contribution < 1.29 is 0 Å². The van der Waals surface area contributed by atoms with Crippen LogP contribution in [0.25, 0.3) is 0 Å². The summed E-state index contributed by atoms with van der Waals surface area (Å²) in [5.74, 6) is 0. The first kappa shape index (κ1) is 21.2. The summed E-state index contributed by atoms with van der Waals surface area (Å²) in [5.41, 5.74) is 10.6. The summed E-state index contributed by atoms with van der Waals surface area (Å²) in [6.07, 6.45) is 5.97. The molecule has 2 aromatic carbocycles. The van der Waals surface area contributed by atoms with E-state index in [2.05, 4.69) is 108 Å². The summed E-state index contributed by atoms with van der Waals surface area (Å²) < 4.78 is 0. The Bertz CT molecular complexity index is 803. The molecule has 0 N–H and O–H groups in total. The molecule has 1 fully saturated rings. The van der Waals surface area contributed by atoms with Crippen molar-refractivity contribution in [2.24, 2.45) is 0 Å². The molecule has 0 aromatic heterocycles. The molecule has 2 aromatic rings. The van der Waals surface area contributed by atoms with Crippen LogP contribution in [0.3, 0.4) is 0 Å². The van der Waals surface area contributed by atoms with E-state index >= 15 is 0 Å². The van der Waals surface area contributed by atoms with E-state index in [1.165, 1.54) is 44.8 Å². The largest absolute Gasteiger partial charge is 0.342 e. The van der Waals surface area contributed by atoms with Crippen LogP contribution in [0.4, 0.5) is 11.4 Å². The van der Waals surface area contributed by atoms with Gasteiger partial charge in [0.05, 0.1) is 12.1 Å². The number of benzene rings is 2. The molecule has 1 aliphatic heterocycles. The minimum atomic E-state index is 0.325. The maximum Gasteiger partial charge on any atom is 0.142 e. The second kappa shape index (κ2) is 8.49. The summed E-state index contributed by atoms with van der Waals surface area (Å²) in [5, 5.41) is 0. The fraction of sp³-hybridized carbons (Fsp3) is 0.370. The molecule has 0 saturated carbocycles. The summed E-state index contributed by atoms with van der Waals surface area (Å²) in [4.78, 5) is 4.97. The standard InChI is InChI=1S/C27H35N2/c1-9-11-24-25(12-10-2)29(27-22(7)15-19(4)16-23(27)8)17-28(24)26-20(5)13-18(3)14-21(26)6/h9-10,13-17,24-25H,1-2,11-12H2,3-8H3/t24-,25+. The minimum absolute atomic E-state index is 0.325. The molecule has 153 valence electrons. The third kappa shape index (κ3) is 3.99. The Morgan fingerprint density at radius 2 is 0.966 bits per heavy atom. The van der Waals surface area contributed by atoms with Gasteiger partial charge in [-0.25, -0.2) is 0 Å². The predicted octanol–water partition coefficient (Wildman–Crippen LogP) is 6.87. The van der Waals surface area contributed by atoms with Crippen LogP contribution in [0.1, 0.15) is 46.2 Å². The van der Waals surface area contributed by atoms with E-state index < -0.39 is 0 Å². The van der Waals surface area contributed by atoms with Crippen molar-refractivity contribution in [3.63, 3.8) is 0 Å². The number of nitrogens with zero attached hydrogens (tertiary/aromatic N) is 2. The van der Waals surface area contributed by atoms with E-state index in [1.807, 2.05) is 0 Å². The predicted molar refractivity (Wildman–Crippen MR) is 128 cm³/mol. The lowest BCUT2D eigenvalue weighted by Gasteiger charge is -2.30. The molecule has 2 atom stereocenters. The van der Waals surface area contributed by atoms with Crippen LogP contribution >= 0.6 is 0 Å². The van der Waals surface area contributed by atoms with E-state index in [9.17, 15) is 0 Å². The van der Waals surface area contributed by atoms with Crippen LogP contribution in [0.5, 0.6) is 0 Å². The van der Waals surface area contributed by atoms with Gasteiger partial charge in [-0.15, -0.1) is 13.2 Å². The highest BCUT2D eigenvalue weighted by molar-refractivity contribution is 5.70. The Morgan fingerprint density at radius 3 is 1.24 bits per heavy atom. The normalized spacial score (nSPS) is 19.0. The Hall–Kier alpha value is -2.48. The van der Waals surface area contributed by atoms with E-state index in [-0.39, 0.29) is 0 Å². The lowest BCUT2D eigenvalue weighted by molar-refractivity contribution is 0.570. The second-order valence-corrected chi connectivity index (χ2v) is 8.61. The van der Waals surface area contributed by atoms with Gasteiger partial charge in [-0.1, -0.05) is 47.5 Å². The highest BCUT2D eigenvalue weighted by atomic mass is 15.4. The SMILES string of the molecule is C=CC[C@@H]1[C@H](CC=C)N(c2c(C)cc(C)cc2C)[CH]N1c1c(C)cc(C)cc1C. The minimum Gasteiger partial charge on any atom is -0.342 e. The van der Waals surface area contributed by atoms with Crippen LogP contribution in [0, 0.1) is 48.2 Å². The van der Waals surface area contributed by atoms with Gasteiger partial charge in [0.1, 0.15) is 6.67 Å². The molecule has 1 heterocycles. The molecule has 0 aliphatic carbocycles. The van der Waals surface area contributed by atoms with Crippen molar-refractivity contribution >= 4 is 11.4 Å². The lowest BCUT2D eigenvalue weighted by atomic mass is 9.96. The number of aryl methyl sites for hydroxylation is 6. The van der Waals surface area contributed by atoms with Gasteiger partial charge in [0, 0.05) is 11.4 Å². The summed E-state index contributed by atoms with van der Waals surface area (Å²) in [6.45, 7) is 23.7. The van der Waals surface area contributed by atoms with E-state index in [1.54, 1.807) is 0 Å². The second-order valence-electron chi connectivity index (χ2n) is 8.61. The van der Waals surface area contributed by atoms with Crippen LogP contribution < -0.4 is 9.80 Å². The van der Waals surface area contributed by atoms with Gasteiger partial charge in [0.2, 0.25) is 0 Å². The van der Waals surface area contributed by atoms with Gasteiger partial charge < -0.3 is 9.80 Å². The van der Waals surface area contributed by atoms with Gasteiger partial charge in [0.15, 0.2) is 0 Å². The molecule has 0 bridgehead atoms. The van der Waals surface area contributed by atoms with Crippen molar-refractivity contribution in [2.45, 2.75) is 66.5 Å². The van der Waals surface area contributed by atoms with Gasteiger partial charge in [-0.05, 0) is 76.6 Å². The molecule has 1 saturated heterocycles. The van der Waals surface area contributed by atoms with Crippen molar-refractivity contribution in [1.82, 2.24) is 0 Å². The molecule has 0 unspecified atom stereocenters. The number of rotatable bonds is 6. The summed E-state index contributed by atoms with van der Waals surface area (Å²) >= 11 is 0. The van der Waals surface area contributed by atoms with E-state index in [0.29, 0.717) is 12.1 Å². The molecular weight excluding hydrogens is 352 g/mol. The molecule has 0 amide bonds. The molecule has 3 rings (SSSR count). The Kier molecular flexibility index (Phi) is 6.21. The fourth-order valence-electron chi connectivity index (χ4n) is 5.17. The van der Waals surface area contributed by atoms with Gasteiger partial charge in [-0.2, -0.15) is 0 Å². The zero-order chi connectivity index (χ0) is 21.3. The molecular formula is C27H35N2. The van der Waals surface area contributed by atoms with Gasteiger partial charge in [0.25, 0.3) is 0 Å². The lowest BCUT2D eigenvalue weighted by Crippen LogP contribution is -2.37. The molecule has 0 spiro atoms. The number of hydrogen-bond acceptors (Lipinski definition) is 2. The first-order valence-corrected chi connectivity index (χ1v) is 10.6. The van der Waals surface area contributed by atoms with Crippen LogP contribution in [-0.2, 0) is 0 Å². The zero-order valence-corrected chi connectivity index (χ0v) is 18.9. The zero-order valence-electron chi connectivity index (χ0n) is 18.9. The maximum atomic E-state index is 4.07.